The summed E-state index contributed by atoms with van der Waals surface area (Å²) >= 11 is 0. The van der Waals surface area contributed by atoms with Gasteiger partial charge in [0.25, 0.3) is 23.6 Å². The molecule has 4 aliphatic carbocycles. The lowest BCUT2D eigenvalue weighted by molar-refractivity contribution is 0.0370. The molecular weight excluding hydrogens is 1280 g/mol. The molecule has 0 bridgehead atoms. The number of morpholine rings is 1. The smallest absolute Gasteiger partial charge is 0.274 e. The fourth-order valence-corrected chi connectivity index (χ4v) is 15.7. The standard InChI is InChI=1S/C21H36N4O2.2C21H30N4O.C18H32N4O/c1-4-10-25-19-9-8-17(7-5-6-11-24-12-14-27-15-13-24)16-18(19)20(22-25)21(26)23(2)3;1-4-13-25-19-11-10-16(7-5-8-17-9-6-12-22-15-17)14-18(19)20(23-25)21(26)24(2)3;1-4-14-25-19-9-8-17(7-5-6-16-10-12-22-13-11-16)15-18(19)20(23-25)21(26)24(2)3;1-6-11-22-16-10-9-14(8-7-12-20(2)3)13-15(16)17(19-22)18(23)21(4)5/h17H,4-16H2,1-3H3;6,9,12,15-16H,4-5,7-8,10-11,13-14H2,1-3H3;10-13,17H,4-9,14-15H2,1-3H3;14H,6-13H2,1-5H3. The summed E-state index contributed by atoms with van der Waals surface area (Å²) in [6.45, 7) is 18.5. The molecule has 1 fully saturated rings. The summed E-state index contributed by atoms with van der Waals surface area (Å²) in [6, 6.07) is 8.35. The number of hydrogen-bond acceptors (Lipinski definition) is 13. The Morgan fingerprint density at radius 3 is 1.11 bits per heavy atom. The van der Waals surface area contributed by atoms with Gasteiger partial charge < -0.3 is 29.2 Å². The minimum absolute atomic E-state index is 0.0344. The second-order valence-corrected chi connectivity index (χ2v) is 30.6. The van der Waals surface area contributed by atoms with Gasteiger partial charge in [-0.05, 0) is 241 Å². The van der Waals surface area contributed by atoms with Crippen molar-refractivity contribution in [2.75, 3.05) is 110 Å². The van der Waals surface area contributed by atoms with Gasteiger partial charge in [0.15, 0.2) is 22.8 Å². The maximum Gasteiger partial charge on any atom is 0.274 e. The lowest BCUT2D eigenvalue weighted by Crippen LogP contribution is -2.36. The van der Waals surface area contributed by atoms with Crippen LogP contribution in [-0.2, 0) is 95.1 Å². The molecule has 0 aromatic carbocycles. The number of carbonyl (C=O) groups is 4. The van der Waals surface area contributed by atoms with Crippen molar-refractivity contribution >= 4 is 23.6 Å². The molecule has 0 N–H and O–H groups in total. The van der Waals surface area contributed by atoms with E-state index < -0.39 is 0 Å². The molecule has 102 heavy (non-hydrogen) atoms. The Balaban J connectivity index is 0.000000173. The Kier molecular flexibility index (Phi) is 32.2. The molecule has 0 saturated carbocycles. The van der Waals surface area contributed by atoms with Crippen LogP contribution in [0.4, 0.5) is 0 Å². The van der Waals surface area contributed by atoms with Gasteiger partial charge in [0.2, 0.25) is 0 Å². The van der Waals surface area contributed by atoms with Gasteiger partial charge in [-0.25, -0.2) is 0 Å². The first-order valence-electron chi connectivity index (χ1n) is 39.2. The molecule has 21 heteroatoms. The predicted octanol–water partition coefficient (Wildman–Crippen LogP) is 12.1. The van der Waals surface area contributed by atoms with E-state index in [1.54, 1.807) is 19.6 Å². The molecular formula is C81H128N16O5. The zero-order valence-electron chi connectivity index (χ0n) is 65.3. The van der Waals surface area contributed by atoms with E-state index in [1.165, 1.54) is 146 Å². The van der Waals surface area contributed by atoms with Crippen LogP contribution in [0.25, 0.3) is 0 Å². The molecule has 0 radical (unpaired) electrons. The van der Waals surface area contributed by atoms with Gasteiger partial charge in [0, 0.05) is 165 Å². The Morgan fingerprint density at radius 1 is 0.422 bits per heavy atom. The number of aromatic nitrogens is 10. The van der Waals surface area contributed by atoms with Crippen molar-refractivity contribution in [3.05, 3.63) is 128 Å². The molecule has 7 heterocycles. The van der Waals surface area contributed by atoms with E-state index in [9.17, 15) is 19.2 Å². The van der Waals surface area contributed by atoms with Crippen LogP contribution in [0.5, 0.6) is 0 Å². The summed E-state index contributed by atoms with van der Waals surface area (Å²) in [4.78, 5) is 69.9. The highest BCUT2D eigenvalue weighted by molar-refractivity contribution is 5.95. The highest BCUT2D eigenvalue weighted by Gasteiger charge is 2.34. The second kappa shape index (κ2) is 40.8. The molecule has 5 aliphatic rings. The van der Waals surface area contributed by atoms with Crippen molar-refractivity contribution in [1.82, 2.24) is 78.5 Å². The Hall–Kier alpha value is -7.10. The maximum atomic E-state index is 12.6. The van der Waals surface area contributed by atoms with Gasteiger partial charge in [-0.1, -0.05) is 46.6 Å². The predicted molar refractivity (Wildman–Crippen MR) is 407 cm³/mol. The quantitative estimate of drug-likeness (QED) is 0.0403. The molecule has 1 saturated heterocycles. The highest BCUT2D eigenvalue weighted by Crippen LogP contribution is 2.36. The molecule has 4 amide bonds. The first-order valence-corrected chi connectivity index (χ1v) is 39.2. The van der Waals surface area contributed by atoms with Crippen molar-refractivity contribution in [2.24, 2.45) is 23.7 Å². The highest BCUT2D eigenvalue weighted by atomic mass is 16.5. The molecule has 4 atom stereocenters. The van der Waals surface area contributed by atoms with E-state index in [1.807, 2.05) is 87.2 Å². The molecule has 11 rings (SSSR count). The van der Waals surface area contributed by atoms with Gasteiger partial charge in [0.05, 0.1) is 13.2 Å². The maximum absolute atomic E-state index is 12.6. The number of aryl methyl sites for hydroxylation is 6. The van der Waals surface area contributed by atoms with E-state index in [0.29, 0.717) is 46.4 Å². The third-order valence-corrected chi connectivity index (χ3v) is 21.3. The average Bonchev–Trinajstić information content (AvgIpc) is 1.66. The molecule has 4 unspecified atom stereocenters. The van der Waals surface area contributed by atoms with Crippen LogP contribution in [0.2, 0.25) is 0 Å². The number of unbranched alkanes of at least 4 members (excludes halogenated alkanes) is 1. The Morgan fingerprint density at radius 2 is 0.775 bits per heavy atom. The van der Waals surface area contributed by atoms with Crippen LogP contribution in [-0.4, -0.2) is 212 Å². The molecule has 1 aliphatic heterocycles. The number of hydrogen-bond donors (Lipinski definition) is 0. The van der Waals surface area contributed by atoms with Gasteiger partial charge in [-0.15, -0.1) is 0 Å². The van der Waals surface area contributed by atoms with Crippen molar-refractivity contribution in [1.29, 1.82) is 0 Å². The Bertz CT molecular complexity index is 3410. The van der Waals surface area contributed by atoms with E-state index in [0.717, 1.165) is 149 Å². The van der Waals surface area contributed by atoms with E-state index in [4.69, 9.17) is 9.84 Å². The first-order chi connectivity index (χ1) is 49.2. The summed E-state index contributed by atoms with van der Waals surface area (Å²) in [5, 5.41) is 18.7. The summed E-state index contributed by atoms with van der Waals surface area (Å²) in [5.41, 5.74) is 15.5. The van der Waals surface area contributed by atoms with Crippen LogP contribution in [0.3, 0.4) is 0 Å². The third kappa shape index (κ3) is 22.7. The van der Waals surface area contributed by atoms with Gasteiger partial charge >= 0.3 is 0 Å². The van der Waals surface area contributed by atoms with E-state index in [2.05, 4.69) is 114 Å². The topological polar surface area (TPSA) is 194 Å². The fourth-order valence-electron chi connectivity index (χ4n) is 15.7. The summed E-state index contributed by atoms with van der Waals surface area (Å²) in [5.74, 6) is 2.84. The van der Waals surface area contributed by atoms with Crippen molar-refractivity contribution in [2.45, 2.75) is 227 Å². The van der Waals surface area contributed by atoms with Gasteiger partial charge in [0.1, 0.15) is 0 Å². The lowest BCUT2D eigenvalue weighted by Gasteiger charge is -2.27. The summed E-state index contributed by atoms with van der Waals surface area (Å²) in [6.07, 6.45) is 38.0. The second-order valence-electron chi connectivity index (χ2n) is 30.6. The van der Waals surface area contributed by atoms with Crippen LogP contribution in [0.15, 0.2) is 49.1 Å². The minimum Gasteiger partial charge on any atom is -0.379 e. The first kappa shape index (κ1) is 80.6. The van der Waals surface area contributed by atoms with E-state index in [-0.39, 0.29) is 23.6 Å². The average molecular weight is 1410 g/mol. The number of rotatable bonds is 29. The largest absolute Gasteiger partial charge is 0.379 e. The minimum atomic E-state index is 0.0344. The zero-order valence-corrected chi connectivity index (χ0v) is 65.3. The van der Waals surface area contributed by atoms with Gasteiger partial charge in [-0.3, -0.25) is 52.8 Å². The van der Waals surface area contributed by atoms with E-state index >= 15 is 0 Å². The SMILES string of the molecule is CCCn1nc(C(=O)N(C)C)c2c1CCC(CCCCN1CCOCC1)C2.CCCn1nc(C(=O)N(C)C)c2c1CCC(CCCN(C)C)C2.CCCn1nc(C(=O)N(C)C)c2c1CCC(CCCc1cccnc1)C2.CCCn1nc(C(=O)N(C)C)c2c1CCC(CCCc1ccncc1)C2. The Labute approximate surface area is 611 Å². The van der Waals surface area contributed by atoms with Crippen LogP contribution in [0.1, 0.15) is 235 Å². The zero-order chi connectivity index (χ0) is 73.2. The van der Waals surface area contributed by atoms with Crippen molar-refractivity contribution in [3.8, 4) is 0 Å². The number of ether oxygens (including phenoxy) is 1. The number of nitrogens with zero attached hydrogens (tertiary/aromatic N) is 16. The monoisotopic (exact) mass is 1410 g/mol. The molecule has 6 aromatic heterocycles. The molecule has 0 spiro atoms. The van der Waals surface area contributed by atoms with Gasteiger partial charge in [-0.2, -0.15) is 20.4 Å². The fraction of sp³-hybridized carbons (Fsp3) is 0.679. The number of pyridine rings is 2. The molecule has 562 valence electrons. The van der Waals surface area contributed by atoms with Crippen LogP contribution in [0, 0.1) is 23.7 Å². The normalized spacial score (nSPS) is 17.7. The van der Waals surface area contributed by atoms with Crippen molar-refractivity contribution < 1.29 is 23.9 Å². The van der Waals surface area contributed by atoms with Crippen molar-refractivity contribution in [3.63, 3.8) is 0 Å². The van der Waals surface area contributed by atoms with Crippen LogP contribution < -0.4 is 0 Å². The summed E-state index contributed by atoms with van der Waals surface area (Å²) in [7, 11) is 18.7. The van der Waals surface area contributed by atoms with Crippen LogP contribution >= 0.6 is 0 Å². The third-order valence-electron chi connectivity index (χ3n) is 21.3. The number of fused-ring (bicyclic) bond motifs is 4. The summed E-state index contributed by atoms with van der Waals surface area (Å²) < 4.78 is 13.8. The molecule has 21 nitrogen and oxygen atoms in total. The molecule has 6 aromatic rings. The number of carbonyl (C=O) groups excluding carboxylic acids is 4. The lowest BCUT2D eigenvalue weighted by atomic mass is 9.83. The number of amides is 4.